The predicted octanol–water partition coefficient (Wildman–Crippen LogP) is 4.59. The van der Waals surface area contributed by atoms with Gasteiger partial charge in [-0.3, -0.25) is 13.9 Å². The van der Waals surface area contributed by atoms with Gasteiger partial charge < -0.3 is 10.2 Å². The molecule has 9 heteroatoms. The van der Waals surface area contributed by atoms with Crippen molar-refractivity contribution in [3.05, 3.63) is 94.0 Å². The number of carbonyl (C=O) groups is 2. The molecule has 0 bridgehead atoms. The van der Waals surface area contributed by atoms with E-state index in [1.54, 1.807) is 30.3 Å². The quantitative estimate of drug-likeness (QED) is 0.431. The first-order valence-corrected chi connectivity index (χ1v) is 13.9. The number of nitrogens with one attached hydrogen (secondary N) is 1. The summed E-state index contributed by atoms with van der Waals surface area (Å²) >= 11 is 6.28. The Morgan fingerprint density at radius 2 is 1.68 bits per heavy atom. The van der Waals surface area contributed by atoms with Crippen LogP contribution in [0.1, 0.15) is 35.1 Å². The summed E-state index contributed by atoms with van der Waals surface area (Å²) in [6.45, 7) is 4.91. The molecule has 0 aliphatic carbocycles. The summed E-state index contributed by atoms with van der Waals surface area (Å²) in [7, 11) is -4.02. The Hall–Kier alpha value is -3.36. The van der Waals surface area contributed by atoms with Crippen molar-refractivity contribution in [1.29, 1.82) is 0 Å². The zero-order valence-corrected chi connectivity index (χ0v) is 22.5. The number of benzene rings is 3. The van der Waals surface area contributed by atoms with Gasteiger partial charge in [0.25, 0.3) is 10.0 Å². The number of aryl methyl sites for hydroxylation is 2. The number of nitrogens with zero attached hydrogens (tertiary/aromatic N) is 2. The Kier molecular flexibility index (Phi) is 8.19. The van der Waals surface area contributed by atoms with Crippen LogP contribution in [0.4, 0.5) is 5.69 Å². The van der Waals surface area contributed by atoms with Crippen molar-refractivity contribution in [2.45, 2.75) is 44.7 Å². The van der Waals surface area contributed by atoms with Crippen molar-refractivity contribution in [3.63, 3.8) is 0 Å². The van der Waals surface area contributed by atoms with Crippen LogP contribution in [0.5, 0.6) is 0 Å². The largest absolute Gasteiger partial charge is 0.350 e. The van der Waals surface area contributed by atoms with Crippen LogP contribution in [0.15, 0.2) is 71.6 Å². The van der Waals surface area contributed by atoms with Crippen LogP contribution in [0.3, 0.4) is 0 Å². The molecule has 1 fully saturated rings. The van der Waals surface area contributed by atoms with E-state index in [0.717, 1.165) is 39.5 Å². The summed E-state index contributed by atoms with van der Waals surface area (Å²) in [5.41, 5.74) is 3.94. The van der Waals surface area contributed by atoms with Gasteiger partial charge in [-0.15, -0.1) is 0 Å². The Labute approximate surface area is 223 Å². The summed E-state index contributed by atoms with van der Waals surface area (Å²) in [5, 5.41) is 3.23. The molecule has 3 aromatic rings. The van der Waals surface area contributed by atoms with Gasteiger partial charge in [-0.05, 0) is 61.2 Å². The van der Waals surface area contributed by atoms with Gasteiger partial charge in [0, 0.05) is 31.1 Å². The molecule has 1 saturated heterocycles. The highest BCUT2D eigenvalue weighted by Gasteiger charge is 2.27. The van der Waals surface area contributed by atoms with Crippen LogP contribution in [-0.4, -0.2) is 38.2 Å². The van der Waals surface area contributed by atoms with E-state index in [1.165, 1.54) is 12.1 Å². The van der Waals surface area contributed by atoms with Crippen LogP contribution in [0, 0.1) is 13.8 Å². The fourth-order valence-corrected chi connectivity index (χ4v) is 5.72. The van der Waals surface area contributed by atoms with Crippen molar-refractivity contribution in [2.24, 2.45) is 0 Å². The van der Waals surface area contributed by atoms with Gasteiger partial charge >= 0.3 is 0 Å². The summed E-state index contributed by atoms with van der Waals surface area (Å²) in [6, 6.07) is 19.1. The Morgan fingerprint density at radius 1 is 1.00 bits per heavy atom. The number of carbonyl (C=O) groups excluding carboxylic acids is 2. The summed E-state index contributed by atoms with van der Waals surface area (Å²) in [5.74, 6) is -0.268. The SMILES string of the molecule is Cc1ccc(S(=O)(=O)N(CC(=O)NCc2ccc(CN3CCCC3=O)cc2)c2ccc(C)c(Cl)c2)cc1. The maximum Gasteiger partial charge on any atom is 0.264 e. The zero-order valence-electron chi connectivity index (χ0n) is 20.9. The van der Waals surface area contributed by atoms with Gasteiger partial charge in [-0.2, -0.15) is 0 Å². The highest BCUT2D eigenvalue weighted by Crippen LogP contribution is 2.28. The molecule has 37 heavy (non-hydrogen) atoms. The van der Waals surface area contributed by atoms with Crippen LogP contribution in [0.2, 0.25) is 5.02 Å². The molecular weight excluding hydrogens is 510 g/mol. The molecule has 0 spiro atoms. The molecule has 0 aromatic heterocycles. The van der Waals surface area contributed by atoms with E-state index in [9.17, 15) is 18.0 Å². The third-order valence-corrected chi connectivity index (χ3v) is 8.59. The highest BCUT2D eigenvalue weighted by atomic mass is 35.5. The first-order chi connectivity index (χ1) is 17.6. The molecule has 2 amide bonds. The van der Waals surface area contributed by atoms with Gasteiger partial charge in [0.2, 0.25) is 11.8 Å². The minimum Gasteiger partial charge on any atom is -0.350 e. The Bertz CT molecular complexity index is 1390. The van der Waals surface area contributed by atoms with E-state index < -0.39 is 22.5 Å². The Morgan fingerprint density at radius 3 is 2.30 bits per heavy atom. The first-order valence-electron chi connectivity index (χ1n) is 12.1. The Balaban J connectivity index is 1.46. The third-order valence-electron chi connectivity index (χ3n) is 6.40. The highest BCUT2D eigenvalue weighted by molar-refractivity contribution is 7.92. The zero-order chi connectivity index (χ0) is 26.6. The minimum absolute atomic E-state index is 0.0923. The molecule has 3 aromatic carbocycles. The molecule has 0 radical (unpaired) electrons. The number of halogens is 1. The molecule has 1 aliphatic rings. The van der Waals surface area contributed by atoms with Crippen LogP contribution in [0.25, 0.3) is 0 Å². The van der Waals surface area contributed by atoms with Gasteiger partial charge in [0.15, 0.2) is 0 Å². The van der Waals surface area contributed by atoms with E-state index in [1.807, 2.05) is 43.0 Å². The molecule has 0 atom stereocenters. The van der Waals surface area contributed by atoms with Gasteiger partial charge in [-0.1, -0.05) is 59.6 Å². The third kappa shape index (κ3) is 6.50. The second-order valence-corrected chi connectivity index (χ2v) is 11.5. The van der Waals surface area contributed by atoms with Gasteiger partial charge in [-0.25, -0.2) is 8.42 Å². The lowest BCUT2D eigenvalue weighted by molar-refractivity contribution is -0.128. The lowest BCUT2D eigenvalue weighted by atomic mass is 10.1. The second kappa shape index (κ2) is 11.4. The van der Waals surface area contributed by atoms with E-state index in [4.69, 9.17) is 11.6 Å². The molecule has 194 valence electrons. The number of hydrogen-bond donors (Lipinski definition) is 1. The summed E-state index contributed by atoms with van der Waals surface area (Å²) in [4.78, 5) is 26.7. The van der Waals surface area contributed by atoms with Crippen LogP contribution >= 0.6 is 11.6 Å². The molecule has 1 aliphatic heterocycles. The first kappa shape index (κ1) is 26.7. The monoisotopic (exact) mass is 539 g/mol. The van der Waals surface area contributed by atoms with E-state index >= 15 is 0 Å². The predicted molar refractivity (Wildman–Crippen MR) is 145 cm³/mol. The van der Waals surface area contributed by atoms with E-state index in [0.29, 0.717) is 23.7 Å². The number of rotatable bonds is 9. The smallest absolute Gasteiger partial charge is 0.264 e. The van der Waals surface area contributed by atoms with E-state index in [-0.39, 0.29) is 17.3 Å². The van der Waals surface area contributed by atoms with Crippen LogP contribution < -0.4 is 9.62 Å². The van der Waals surface area contributed by atoms with Crippen LogP contribution in [-0.2, 0) is 32.7 Å². The number of sulfonamides is 1. The fourth-order valence-electron chi connectivity index (χ4n) is 4.13. The van der Waals surface area contributed by atoms with E-state index in [2.05, 4.69) is 5.32 Å². The topological polar surface area (TPSA) is 86.8 Å². The second-order valence-electron chi connectivity index (χ2n) is 9.27. The molecule has 1 N–H and O–H groups in total. The molecule has 1 heterocycles. The normalized spacial score (nSPS) is 13.6. The van der Waals surface area contributed by atoms with Crippen molar-refractivity contribution in [1.82, 2.24) is 10.2 Å². The molecule has 0 saturated carbocycles. The average Bonchev–Trinajstić information content (AvgIpc) is 3.28. The minimum atomic E-state index is -4.02. The van der Waals surface area contributed by atoms with Gasteiger partial charge in [0.1, 0.15) is 6.54 Å². The summed E-state index contributed by atoms with van der Waals surface area (Å²) in [6.07, 6.45) is 1.50. The number of anilines is 1. The molecule has 4 rings (SSSR count). The van der Waals surface area contributed by atoms with Crippen molar-refractivity contribution in [3.8, 4) is 0 Å². The maximum absolute atomic E-state index is 13.5. The number of hydrogen-bond acceptors (Lipinski definition) is 4. The lowest BCUT2D eigenvalue weighted by Crippen LogP contribution is -2.40. The summed E-state index contributed by atoms with van der Waals surface area (Å²) < 4.78 is 28.1. The van der Waals surface area contributed by atoms with Crippen molar-refractivity contribution >= 4 is 39.1 Å². The average molecular weight is 540 g/mol. The van der Waals surface area contributed by atoms with Crippen molar-refractivity contribution in [2.75, 3.05) is 17.4 Å². The number of amides is 2. The molecular formula is C28H30ClN3O4S. The maximum atomic E-state index is 13.5. The molecule has 7 nitrogen and oxygen atoms in total. The lowest BCUT2D eigenvalue weighted by Gasteiger charge is -2.24. The number of likely N-dealkylation sites (tertiary alicyclic amines) is 1. The van der Waals surface area contributed by atoms with Gasteiger partial charge in [0.05, 0.1) is 10.6 Å². The standard InChI is InChI=1S/C28H30ClN3O4S/c1-20-5-13-25(14-6-20)37(35,36)32(24-12-7-21(2)26(29)16-24)19-27(33)30-17-22-8-10-23(11-9-22)18-31-15-3-4-28(31)34/h5-14,16H,3-4,15,17-19H2,1-2H3,(H,30,33). The fraction of sp³-hybridized carbons (Fsp3) is 0.286. The molecule has 0 unspecified atom stereocenters. The van der Waals surface area contributed by atoms with Crippen molar-refractivity contribution < 1.29 is 18.0 Å².